The molecule has 31 heavy (non-hydrogen) atoms. The van der Waals surface area contributed by atoms with Crippen molar-refractivity contribution >= 4 is 26.5 Å². The fourth-order valence-corrected chi connectivity index (χ4v) is 4.08. The number of sulfone groups is 1. The Morgan fingerprint density at radius 1 is 1.23 bits per heavy atom. The lowest BCUT2D eigenvalue weighted by molar-refractivity contribution is -0.131. The van der Waals surface area contributed by atoms with Gasteiger partial charge in [-0.1, -0.05) is 6.07 Å². The molecular formula is C21H23N3O6S. The number of pyridine rings is 2. The molecular weight excluding hydrogens is 422 g/mol. The molecule has 0 saturated carbocycles. The topological polar surface area (TPSA) is 128 Å². The molecule has 1 amide bonds. The van der Waals surface area contributed by atoms with Crippen LogP contribution in [0, 0.1) is 0 Å². The van der Waals surface area contributed by atoms with E-state index in [4.69, 9.17) is 9.94 Å². The summed E-state index contributed by atoms with van der Waals surface area (Å²) in [5.41, 5.74) is 2.84. The molecule has 1 unspecified atom stereocenters. The number of carbonyl (C=O) groups is 1. The highest BCUT2D eigenvalue weighted by atomic mass is 32.2. The fourth-order valence-electron chi connectivity index (χ4n) is 3.23. The number of methoxy groups -OCH3 is 1. The smallest absolute Gasteiger partial charge is 0.264 e. The van der Waals surface area contributed by atoms with E-state index in [0.29, 0.717) is 16.7 Å². The SMILES string of the molecule is COc1ccc(-c2ccc3c(=O)n(CCC(C)(C(=O)NO)S(C)(=O)=O)ccc3c2)cn1. The van der Waals surface area contributed by atoms with Gasteiger partial charge in [0, 0.05) is 42.2 Å². The molecule has 2 N–H and O–H groups in total. The summed E-state index contributed by atoms with van der Waals surface area (Å²) in [6.07, 6.45) is 3.97. The van der Waals surface area contributed by atoms with E-state index >= 15 is 0 Å². The molecule has 0 aliphatic heterocycles. The van der Waals surface area contributed by atoms with Crippen LogP contribution in [0.15, 0.2) is 53.6 Å². The Bertz CT molecular complexity index is 1280. The number of fused-ring (bicyclic) bond motifs is 1. The Balaban J connectivity index is 1.92. The molecule has 1 atom stereocenters. The van der Waals surface area contributed by atoms with Gasteiger partial charge in [0.25, 0.3) is 11.5 Å². The number of hydrogen-bond acceptors (Lipinski definition) is 7. The summed E-state index contributed by atoms with van der Waals surface area (Å²) < 4.78 is 28.8. The van der Waals surface area contributed by atoms with Crippen LogP contribution in [0.25, 0.3) is 21.9 Å². The van der Waals surface area contributed by atoms with E-state index in [-0.39, 0.29) is 18.5 Å². The largest absolute Gasteiger partial charge is 0.481 e. The zero-order chi connectivity index (χ0) is 22.8. The Labute approximate surface area is 179 Å². The van der Waals surface area contributed by atoms with Crippen molar-refractivity contribution in [1.29, 1.82) is 0 Å². The third-order valence-electron chi connectivity index (χ3n) is 5.49. The predicted molar refractivity (Wildman–Crippen MR) is 116 cm³/mol. The van der Waals surface area contributed by atoms with Crippen molar-refractivity contribution in [3.8, 4) is 17.0 Å². The first kappa shape index (κ1) is 22.4. The molecule has 0 bridgehead atoms. The standard InChI is InChI=1S/C21H23N3O6S/c1-21(20(26)23-27,31(3,28)29)9-11-24-10-8-15-12-14(4-6-17(15)19(24)25)16-5-7-18(30-2)22-13-16/h4-8,10,12-13,27H,9,11H2,1-3H3,(H,23,26). The maximum atomic E-state index is 12.9. The van der Waals surface area contributed by atoms with Crippen molar-refractivity contribution in [3.63, 3.8) is 0 Å². The maximum absolute atomic E-state index is 12.9. The molecule has 3 rings (SSSR count). The van der Waals surface area contributed by atoms with Gasteiger partial charge in [0.05, 0.1) is 7.11 Å². The van der Waals surface area contributed by atoms with Crippen molar-refractivity contribution in [2.24, 2.45) is 0 Å². The number of hydroxylamine groups is 1. The number of benzene rings is 1. The molecule has 10 heteroatoms. The number of carbonyl (C=O) groups excluding carboxylic acids is 1. The first-order valence-corrected chi connectivity index (χ1v) is 11.3. The average molecular weight is 445 g/mol. The lowest BCUT2D eigenvalue weighted by Crippen LogP contribution is -2.49. The molecule has 2 aromatic heterocycles. The van der Waals surface area contributed by atoms with E-state index in [1.807, 2.05) is 12.1 Å². The Hall–Kier alpha value is -3.24. The van der Waals surface area contributed by atoms with E-state index in [0.717, 1.165) is 17.4 Å². The average Bonchev–Trinajstić information content (AvgIpc) is 2.76. The summed E-state index contributed by atoms with van der Waals surface area (Å²) in [7, 11) is -2.31. The second kappa shape index (κ2) is 8.48. The second-order valence-corrected chi connectivity index (χ2v) is 9.84. The van der Waals surface area contributed by atoms with Gasteiger partial charge >= 0.3 is 0 Å². The van der Waals surface area contributed by atoms with E-state index in [1.165, 1.54) is 24.1 Å². The second-order valence-electron chi connectivity index (χ2n) is 7.40. The van der Waals surface area contributed by atoms with Crippen molar-refractivity contribution in [1.82, 2.24) is 15.0 Å². The van der Waals surface area contributed by atoms with E-state index in [1.54, 1.807) is 36.7 Å². The molecule has 9 nitrogen and oxygen atoms in total. The van der Waals surface area contributed by atoms with Gasteiger partial charge in [-0.2, -0.15) is 0 Å². The van der Waals surface area contributed by atoms with Crippen LogP contribution >= 0.6 is 0 Å². The van der Waals surface area contributed by atoms with Gasteiger partial charge in [-0.25, -0.2) is 18.9 Å². The molecule has 2 heterocycles. The van der Waals surface area contributed by atoms with Crippen molar-refractivity contribution in [3.05, 3.63) is 59.1 Å². The van der Waals surface area contributed by atoms with Crippen LogP contribution in [0.2, 0.25) is 0 Å². The summed E-state index contributed by atoms with van der Waals surface area (Å²) in [4.78, 5) is 29.1. The van der Waals surface area contributed by atoms with Crippen LogP contribution in [0.3, 0.4) is 0 Å². The van der Waals surface area contributed by atoms with Crippen LogP contribution in [-0.2, 0) is 21.2 Å². The van der Waals surface area contributed by atoms with Gasteiger partial charge in [0.15, 0.2) is 14.6 Å². The normalized spacial score (nSPS) is 13.5. The lowest BCUT2D eigenvalue weighted by atomic mass is 10.0. The third kappa shape index (κ3) is 4.30. The monoisotopic (exact) mass is 445 g/mol. The number of hydrogen-bond donors (Lipinski definition) is 2. The van der Waals surface area contributed by atoms with Crippen molar-refractivity contribution in [2.75, 3.05) is 13.4 Å². The maximum Gasteiger partial charge on any atom is 0.264 e. The van der Waals surface area contributed by atoms with Crippen LogP contribution in [-0.4, -0.2) is 47.2 Å². The van der Waals surface area contributed by atoms with Gasteiger partial charge in [-0.3, -0.25) is 14.8 Å². The first-order chi connectivity index (χ1) is 14.6. The Morgan fingerprint density at radius 2 is 1.94 bits per heavy atom. The minimum absolute atomic E-state index is 0.0179. The highest BCUT2D eigenvalue weighted by Crippen LogP contribution is 2.25. The quantitative estimate of drug-likeness (QED) is 0.419. The zero-order valence-corrected chi connectivity index (χ0v) is 18.1. The molecule has 0 aliphatic rings. The first-order valence-electron chi connectivity index (χ1n) is 9.38. The predicted octanol–water partition coefficient (Wildman–Crippen LogP) is 1.77. The van der Waals surface area contributed by atoms with Gasteiger partial charge in [0.2, 0.25) is 5.88 Å². The summed E-state index contributed by atoms with van der Waals surface area (Å²) in [6.45, 7) is 1.20. The molecule has 0 radical (unpaired) electrons. The number of aromatic nitrogens is 2. The van der Waals surface area contributed by atoms with Gasteiger partial charge in [0.1, 0.15) is 0 Å². The minimum Gasteiger partial charge on any atom is -0.481 e. The third-order valence-corrected chi connectivity index (χ3v) is 7.51. The van der Waals surface area contributed by atoms with Crippen molar-refractivity contribution in [2.45, 2.75) is 24.6 Å². The van der Waals surface area contributed by atoms with Crippen molar-refractivity contribution < 1.29 is 23.2 Å². The van der Waals surface area contributed by atoms with E-state index < -0.39 is 20.5 Å². The minimum atomic E-state index is -3.84. The molecule has 0 saturated heterocycles. The van der Waals surface area contributed by atoms with Crippen LogP contribution in [0.5, 0.6) is 5.88 Å². The highest BCUT2D eigenvalue weighted by Gasteiger charge is 2.43. The van der Waals surface area contributed by atoms with Gasteiger partial charge < -0.3 is 9.30 Å². The number of aryl methyl sites for hydroxylation is 1. The molecule has 0 aliphatic carbocycles. The number of rotatable bonds is 7. The number of nitrogens with one attached hydrogen (secondary N) is 1. The number of ether oxygens (including phenoxy) is 1. The zero-order valence-electron chi connectivity index (χ0n) is 17.3. The van der Waals surface area contributed by atoms with Crippen LogP contribution in [0.4, 0.5) is 0 Å². The summed E-state index contributed by atoms with van der Waals surface area (Å²) in [6, 6.07) is 10.7. The summed E-state index contributed by atoms with van der Waals surface area (Å²) in [5, 5.41) is 10.1. The molecule has 0 fully saturated rings. The molecule has 164 valence electrons. The summed E-state index contributed by atoms with van der Waals surface area (Å²) >= 11 is 0. The Kier molecular flexibility index (Phi) is 6.14. The van der Waals surface area contributed by atoms with Crippen LogP contribution in [0.1, 0.15) is 13.3 Å². The number of amides is 1. The Morgan fingerprint density at radius 3 is 2.52 bits per heavy atom. The van der Waals surface area contributed by atoms with Gasteiger partial charge in [-0.05, 0) is 48.6 Å². The van der Waals surface area contributed by atoms with E-state index in [9.17, 15) is 18.0 Å². The number of nitrogens with zero attached hydrogens (tertiary/aromatic N) is 2. The fraction of sp³-hybridized carbons (Fsp3) is 0.286. The molecule has 0 spiro atoms. The highest BCUT2D eigenvalue weighted by molar-refractivity contribution is 7.92. The lowest BCUT2D eigenvalue weighted by Gasteiger charge is -2.25. The molecule has 1 aromatic carbocycles. The summed E-state index contributed by atoms with van der Waals surface area (Å²) in [5.74, 6) is -0.537. The van der Waals surface area contributed by atoms with Gasteiger partial charge in [-0.15, -0.1) is 0 Å². The van der Waals surface area contributed by atoms with E-state index in [2.05, 4.69) is 4.98 Å². The van der Waals surface area contributed by atoms with Crippen LogP contribution < -0.4 is 15.8 Å². The molecule has 3 aromatic rings.